The van der Waals surface area contributed by atoms with Gasteiger partial charge in [-0.3, -0.25) is 4.79 Å². The van der Waals surface area contributed by atoms with E-state index in [0.717, 1.165) is 11.1 Å². The standard InChI is InChI=1S/C20H23NO4/c1-2-24-18-10-6-9-16(17-11-15(12-21-17)20(22)23)19(18)25-13-14-7-4-3-5-8-14/h3-10,15,17,21H,2,11-13H2,1H3,(H,22,23). The second-order valence-electron chi connectivity index (χ2n) is 6.11. The Balaban J connectivity index is 1.84. The summed E-state index contributed by atoms with van der Waals surface area (Å²) < 4.78 is 11.8. The molecule has 5 nitrogen and oxygen atoms in total. The predicted molar refractivity (Wildman–Crippen MR) is 94.9 cm³/mol. The zero-order valence-corrected chi connectivity index (χ0v) is 14.3. The lowest BCUT2D eigenvalue weighted by Gasteiger charge is -2.20. The molecule has 3 rings (SSSR count). The first-order valence-corrected chi connectivity index (χ1v) is 8.57. The van der Waals surface area contributed by atoms with Crippen LogP contribution in [0.25, 0.3) is 0 Å². The summed E-state index contributed by atoms with van der Waals surface area (Å²) in [7, 11) is 0. The van der Waals surface area contributed by atoms with Crippen LogP contribution in [0.1, 0.15) is 30.5 Å². The molecule has 5 heteroatoms. The normalized spacial score (nSPS) is 19.6. The molecule has 0 saturated carbocycles. The average Bonchev–Trinajstić information content (AvgIpc) is 3.12. The Morgan fingerprint density at radius 1 is 1.16 bits per heavy atom. The molecule has 25 heavy (non-hydrogen) atoms. The smallest absolute Gasteiger partial charge is 0.307 e. The van der Waals surface area contributed by atoms with Gasteiger partial charge in [0.1, 0.15) is 6.61 Å². The van der Waals surface area contributed by atoms with Gasteiger partial charge in [0.25, 0.3) is 0 Å². The lowest BCUT2D eigenvalue weighted by atomic mass is 9.99. The minimum Gasteiger partial charge on any atom is -0.490 e. The third kappa shape index (κ3) is 4.12. The van der Waals surface area contributed by atoms with Gasteiger partial charge in [0.05, 0.1) is 12.5 Å². The summed E-state index contributed by atoms with van der Waals surface area (Å²) in [6.45, 7) is 3.38. The van der Waals surface area contributed by atoms with Crippen LogP contribution in [-0.2, 0) is 11.4 Å². The Bertz CT molecular complexity index is 717. The summed E-state index contributed by atoms with van der Waals surface area (Å²) in [6.07, 6.45) is 0.548. The van der Waals surface area contributed by atoms with Crippen molar-refractivity contribution in [3.05, 3.63) is 59.7 Å². The minimum absolute atomic E-state index is 0.0488. The van der Waals surface area contributed by atoms with E-state index in [1.54, 1.807) is 0 Å². The van der Waals surface area contributed by atoms with Gasteiger partial charge < -0.3 is 19.9 Å². The van der Waals surface area contributed by atoms with Crippen LogP contribution < -0.4 is 14.8 Å². The summed E-state index contributed by atoms with van der Waals surface area (Å²) in [4.78, 5) is 11.2. The highest BCUT2D eigenvalue weighted by Gasteiger charge is 2.32. The van der Waals surface area contributed by atoms with Gasteiger partial charge in [0.15, 0.2) is 11.5 Å². The number of carboxylic acid groups (broad SMARTS) is 1. The van der Waals surface area contributed by atoms with Gasteiger partial charge in [0.2, 0.25) is 0 Å². The molecular formula is C20H23NO4. The van der Waals surface area contributed by atoms with Crippen molar-refractivity contribution in [2.24, 2.45) is 5.92 Å². The third-order valence-corrected chi connectivity index (χ3v) is 4.39. The van der Waals surface area contributed by atoms with Crippen LogP contribution in [0.2, 0.25) is 0 Å². The van der Waals surface area contributed by atoms with Crippen LogP contribution in [0.5, 0.6) is 11.5 Å². The first-order valence-electron chi connectivity index (χ1n) is 8.57. The number of para-hydroxylation sites is 1. The molecule has 2 N–H and O–H groups in total. The molecule has 1 heterocycles. The van der Waals surface area contributed by atoms with Crippen LogP contribution in [0.15, 0.2) is 48.5 Å². The molecule has 0 bridgehead atoms. The van der Waals surface area contributed by atoms with Gasteiger partial charge in [-0.2, -0.15) is 0 Å². The van der Waals surface area contributed by atoms with E-state index < -0.39 is 5.97 Å². The van der Waals surface area contributed by atoms with Gasteiger partial charge in [-0.25, -0.2) is 0 Å². The molecular weight excluding hydrogens is 318 g/mol. The summed E-state index contributed by atoms with van der Waals surface area (Å²) in [5, 5.41) is 12.5. The lowest BCUT2D eigenvalue weighted by Crippen LogP contribution is -2.17. The van der Waals surface area contributed by atoms with Crippen LogP contribution in [0.3, 0.4) is 0 Å². The monoisotopic (exact) mass is 341 g/mol. The van der Waals surface area contributed by atoms with E-state index in [2.05, 4.69) is 5.32 Å². The maximum absolute atomic E-state index is 11.2. The van der Waals surface area contributed by atoms with Crippen molar-refractivity contribution in [1.29, 1.82) is 0 Å². The van der Waals surface area contributed by atoms with E-state index in [0.29, 0.717) is 37.7 Å². The SMILES string of the molecule is CCOc1cccc(C2CC(C(=O)O)CN2)c1OCc1ccccc1. The number of carbonyl (C=O) groups is 1. The Kier molecular flexibility index (Phi) is 5.56. The van der Waals surface area contributed by atoms with Crippen molar-refractivity contribution in [1.82, 2.24) is 5.32 Å². The topological polar surface area (TPSA) is 67.8 Å². The minimum atomic E-state index is -0.761. The van der Waals surface area contributed by atoms with E-state index in [4.69, 9.17) is 9.47 Å². The lowest BCUT2D eigenvalue weighted by molar-refractivity contribution is -0.141. The van der Waals surface area contributed by atoms with Crippen molar-refractivity contribution in [3.63, 3.8) is 0 Å². The molecule has 2 atom stereocenters. The number of ether oxygens (including phenoxy) is 2. The zero-order chi connectivity index (χ0) is 17.6. The number of rotatable bonds is 7. The Labute approximate surface area is 147 Å². The van der Waals surface area contributed by atoms with Crippen molar-refractivity contribution in [3.8, 4) is 11.5 Å². The molecule has 2 aromatic carbocycles. The van der Waals surface area contributed by atoms with Crippen LogP contribution in [0, 0.1) is 5.92 Å². The fourth-order valence-electron chi connectivity index (χ4n) is 3.12. The quantitative estimate of drug-likeness (QED) is 0.808. The molecule has 0 aromatic heterocycles. The fourth-order valence-corrected chi connectivity index (χ4v) is 3.12. The molecule has 1 saturated heterocycles. The first-order chi connectivity index (χ1) is 12.2. The number of carboxylic acids is 1. The molecule has 132 valence electrons. The van der Waals surface area contributed by atoms with E-state index in [-0.39, 0.29) is 12.0 Å². The van der Waals surface area contributed by atoms with Crippen LogP contribution in [-0.4, -0.2) is 24.2 Å². The highest BCUT2D eigenvalue weighted by molar-refractivity contribution is 5.71. The molecule has 1 aliphatic rings. The van der Waals surface area contributed by atoms with Gasteiger partial charge in [-0.05, 0) is 25.0 Å². The molecule has 0 spiro atoms. The Morgan fingerprint density at radius 3 is 2.64 bits per heavy atom. The van der Waals surface area contributed by atoms with E-state index >= 15 is 0 Å². The van der Waals surface area contributed by atoms with Gasteiger partial charge in [0, 0.05) is 18.2 Å². The van der Waals surface area contributed by atoms with Crippen molar-refractivity contribution >= 4 is 5.97 Å². The maximum Gasteiger partial charge on any atom is 0.307 e. The largest absolute Gasteiger partial charge is 0.490 e. The molecule has 1 aliphatic heterocycles. The van der Waals surface area contributed by atoms with Gasteiger partial charge >= 0.3 is 5.97 Å². The van der Waals surface area contributed by atoms with Gasteiger partial charge in [-0.1, -0.05) is 42.5 Å². The highest BCUT2D eigenvalue weighted by atomic mass is 16.5. The van der Waals surface area contributed by atoms with Crippen LogP contribution in [0.4, 0.5) is 0 Å². The van der Waals surface area contributed by atoms with Crippen LogP contribution >= 0.6 is 0 Å². The van der Waals surface area contributed by atoms with Crippen molar-refractivity contribution in [2.75, 3.05) is 13.2 Å². The number of hydrogen-bond acceptors (Lipinski definition) is 4. The zero-order valence-electron chi connectivity index (χ0n) is 14.3. The fraction of sp³-hybridized carbons (Fsp3) is 0.350. The first kappa shape index (κ1) is 17.3. The predicted octanol–water partition coefficient (Wildman–Crippen LogP) is 3.40. The number of aliphatic carboxylic acids is 1. The summed E-state index contributed by atoms with van der Waals surface area (Å²) in [6, 6.07) is 15.7. The Morgan fingerprint density at radius 2 is 1.96 bits per heavy atom. The second kappa shape index (κ2) is 8.03. The maximum atomic E-state index is 11.2. The molecule has 2 aromatic rings. The molecule has 1 fully saturated rings. The number of nitrogens with one attached hydrogen (secondary N) is 1. The van der Waals surface area contributed by atoms with E-state index in [9.17, 15) is 9.90 Å². The third-order valence-electron chi connectivity index (χ3n) is 4.39. The molecule has 2 unspecified atom stereocenters. The highest BCUT2D eigenvalue weighted by Crippen LogP contribution is 2.39. The summed E-state index contributed by atoms with van der Waals surface area (Å²) in [5.41, 5.74) is 2.02. The second-order valence-corrected chi connectivity index (χ2v) is 6.11. The van der Waals surface area contributed by atoms with Crippen molar-refractivity contribution < 1.29 is 19.4 Å². The van der Waals surface area contributed by atoms with E-state index in [1.165, 1.54) is 0 Å². The van der Waals surface area contributed by atoms with E-state index in [1.807, 2.05) is 55.5 Å². The number of benzene rings is 2. The number of hydrogen-bond donors (Lipinski definition) is 2. The molecule has 0 amide bonds. The average molecular weight is 341 g/mol. The summed E-state index contributed by atoms with van der Waals surface area (Å²) >= 11 is 0. The summed E-state index contributed by atoms with van der Waals surface area (Å²) in [5.74, 6) is 0.249. The molecule has 0 radical (unpaired) electrons. The Hall–Kier alpha value is -2.53. The van der Waals surface area contributed by atoms with Gasteiger partial charge in [-0.15, -0.1) is 0 Å². The molecule has 0 aliphatic carbocycles. The van der Waals surface area contributed by atoms with Crippen molar-refractivity contribution in [2.45, 2.75) is 26.0 Å².